The topological polar surface area (TPSA) is 40.5 Å². The van der Waals surface area contributed by atoms with Gasteiger partial charge in [-0.1, -0.05) is 67.5 Å². The summed E-state index contributed by atoms with van der Waals surface area (Å²) in [5, 5.41) is 9.18. The Morgan fingerprint density at radius 1 is 0.808 bits per heavy atom. The molecule has 4 heteroatoms. The van der Waals surface area contributed by atoms with E-state index in [-0.39, 0.29) is 0 Å². The lowest BCUT2D eigenvalue weighted by atomic mass is 10.1. The molecule has 0 aromatic heterocycles. The van der Waals surface area contributed by atoms with Gasteiger partial charge in [-0.2, -0.15) is 0 Å². The van der Waals surface area contributed by atoms with Crippen molar-refractivity contribution in [1.82, 2.24) is 0 Å². The third-order valence-electron chi connectivity index (χ3n) is 2.71. The number of hydrogen-bond donors (Lipinski definition) is 1. The number of para-hydroxylation sites is 1. The van der Waals surface area contributed by atoms with Crippen molar-refractivity contribution in [2.75, 3.05) is 11.9 Å². The van der Waals surface area contributed by atoms with Crippen LogP contribution >= 0.6 is 22.6 Å². The number of nitrogens with zero attached hydrogens (tertiary/aromatic N) is 1. The van der Waals surface area contributed by atoms with Gasteiger partial charge < -0.3 is 10.0 Å². The first kappa shape index (κ1) is 29.2. The molecule has 0 saturated heterocycles. The summed E-state index contributed by atoms with van der Waals surface area (Å²) in [5.41, 5.74) is 1.95. The number of rotatable bonds is 3. The molecule has 26 heavy (non-hydrogen) atoms. The molecule has 3 nitrogen and oxygen atoms in total. The molecule has 0 saturated carbocycles. The van der Waals surface area contributed by atoms with Gasteiger partial charge in [-0.25, -0.2) is 4.79 Å². The highest BCUT2D eigenvalue weighted by Crippen LogP contribution is 2.27. The fourth-order valence-corrected chi connectivity index (χ4v) is 2.11. The molecule has 0 aliphatic carbocycles. The van der Waals surface area contributed by atoms with Crippen LogP contribution in [0.1, 0.15) is 65.7 Å². The molecule has 0 heterocycles. The van der Waals surface area contributed by atoms with Gasteiger partial charge in [0.15, 0.2) is 0 Å². The monoisotopic (exact) mass is 473 g/mol. The average molecular weight is 473 g/mol. The minimum atomic E-state index is -0.914. The Hall–Kier alpha value is -1.56. The number of benzene rings is 2. The maximum atomic E-state index is 11.2. The van der Waals surface area contributed by atoms with Crippen LogP contribution in [-0.4, -0.2) is 18.1 Å². The predicted octanol–water partition coefficient (Wildman–Crippen LogP) is 7.86. The summed E-state index contributed by atoms with van der Waals surface area (Å²) < 4.78 is 1.15. The Labute approximate surface area is 174 Å². The van der Waals surface area contributed by atoms with Crippen LogP contribution < -0.4 is 4.90 Å². The highest BCUT2D eigenvalue weighted by Gasteiger charge is 2.13. The van der Waals surface area contributed by atoms with E-state index in [1.165, 1.54) is 0 Å². The van der Waals surface area contributed by atoms with E-state index >= 15 is 0 Å². The van der Waals surface area contributed by atoms with Crippen molar-refractivity contribution in [2.24, 2.45) is 0 Å². The number of anilines is 2. The van der Waals surface area contributed by atoms with Gasteiger partial charge in [0.1, 0.15) is 0 Å². The quantitative estimate of drug-likeness (QED) is 0.461. The Balaban J connectivity index is -0.000000585. The Morgan fingerprint density at radius 2 is 1.23 bits per heavy atom. The van der Waals surface area contributed by atoms with Crippen LogP contribution in [0.25, 0.3) is 0 Å². The molecule has 0 aliphatic heterocycles. The lowest BCUT2D eigenvalue weighted by molar-refractivity contribution is 0.0697. The Bertz CT molecular complexity index is 569. The summed E-state index contributed by atoms with van der Waals surface area (Å²) in [4.78, 5) is 13.1. The summed E-state index contributed by atoms with van der Waals surface area (Å²) in [5.74, 6) is -0.914. The zero-order chi connectivity index (χ0) is 21.1. The molecule has 0 unspecified atom stereocenters. The number of hydrogen-bond acceptors (Lipinski definition) is 2. The van der Waals surface area contributed by atoms with Gasteiger partial charge in [0.25, 0.3) is 0 Å². The molecule has 0 amide bonds. The minimum absolute atomic E-state index is 0.304. The first-order chi connectivity index (χ1) is 12.6. The minimum Gasteiger partial charge on any atom is -0.478 e. The highest BCUT2D eigenvalue weighted by molar-refractivity contribution is 14.1. The van der Waals surface area contributed by atoms with E-state index in [9.17, 15) is 9.90 Å². The van der Waals surface area contributed by atoms with Crippen molar-refractivity contribution < 1.29 is 9.90 Å². The fraction of sp³-hybridized carbons (Fsp3) is 0.409. The molecule has 0 atom stereocenters. The van der Waals surface area contributed by atoms with Crippen LogP contribution in [-0.2, 0) is 0 Å². The zero-order valence-corrected chi connectivity index (χ0v) is 20.0. The molecular weight excluding hydrogens is 437 g/mol. The molecule has 0 aliphatic rings. The van der Waals surface area contributed by atoms with Gasteiger partial charge in [0.2, 0.25) is 0 Å². The summed E-state index contributed by atoms with van der Waals surface area (Å²) in [6, 6.07) is 14.9. The van der Waals surface area contributed by atoms with E-state index in [2.05, 4.69) is 22.6 Å². The second kappa shape index (κ2) is 19.8. The van der Waals surface area contributed by atoms with E-state index < -0.39 is 5.97 Å². The van der Waals surface area contributed by atoms with E-state index in [0.717, 1.165) is 9.26 Å². The highest BCUT2D eigenvalue weighted by atomic mass is 127. The van der Waals surface area contributed by atoms with E-state index in [4.69, 9.17) is 0 Å². The zero-order valence-electron chi connectivity index (χ0n) is 17.8. The van der Waals surface area contributed by atoms with Gasteiger partial charge >= 0.3 is 5.97 Å². The summed E-state index contributed by atoms with van der Waals surface area (Å²) in [6.07, 6.45) is 0. The lowest BCUT2D eigenvalue weighted by Crippen LogP contribution is -2.13. The number of carboxylic acids is 1. The third kappa shape index (κ3) is 10.4. The van der Waals surface area contributed by atoms with Crippen molar-refractivity contribution in [1.29, 1.82) is 0 Å². The Morgan fingerprint density at radius 3 is 1.65 bits per heavy atom. The van der Waals surface area contributed by atoms with Gasteiger partial charge in [0.05, 0.1) is 11.3 Å². The molecule has 2 aromatic rings. The molecular formula is C22H36INO2. The summed E-state index contributed by atoms with van der Waals surface area (Å²) >= 11 is 2.24. The molecule has 0 fully saturated rings. The van der Waals surface area contributed by atoms with Crippen LogP contribution in [0.4, 0.5) is 11.4 Å². The second-order valence-corrected chi connectivity index (χ2v) is 5.10. The van der Waals surface area contributed by atoms with Gasteiger partial charge in [-0.05, 0) is 59.0 Å². The van der Waals surface area contributed by atoms with Crippen LogP contribution in [0.3, 0.4) is 0 Å². The number of carboxylic acid groups (broad SMARTS) is 1. The van der Waals surface area contributed by atoms with Gasteiger partial charge in [0, 0.05) is 16.3 Å². The second-order valence-electron chi connectivity index (χ2n) is 3.86. The predicted molar refractivity (Wildman–Crippen MR) is 126 cm³/mol. The van der Waals surface area contributed by atoms with E-state index in [1.54, 1.807) is 18.2 Å². The molecule has 2 aromatic carbocycles. The molecule has 148 valence electrons. The molecule has 0 spiro atoms. The average Bonchev–Trinajstić information content (AvgIpc) is 2.74. The van der Waals surface area contributed by atoms with Crippen LogP contribution in [0.2, 0.25) is 0 Å². The maximum Gasteiger partial charge on any atom is 0.337 e. The van der Waals surface area contributed by atoms with E-state index in [0.29, 0.717) is 11.3 Å². The van der Waals surface area contributed by atoms with Gasteiger partial charge in [-0.15, -0.1) is 0 Å². The summed E-state index contributed by atoms with van der Waals surface area (Å²) in [7, 11) is 1.87. The van der Waals surface area contributed by atoms with Crippen LogP contribution in [0.15, 0.2) is 48.5 Å². The van der Waals surface area contributed by atoms with Crippen molar-refractivity contribution >= 4 is 39.9 Å². The Kier molecular flexibility index (Phi) is 22.2. The number of carbonyl (C=O) groups is 1. The van der Waals surface area contributed by atoms with Crippen molar-refractivity contribution in [3.05, 3.63) is 57.7 Å². The molecule has 0 radical (unpaired) electrons. The van der Waals surface area contributed by atoms with Crippen molar-refractivity contribution in [3.8, 4) is 0 Å². The smallest absolute Gasteiger partial charge is 0.337 e. The lowest BCUT2D eigenvalue weighted by Gasteiger charge is -2.21. The number of aromatic carboxylic acids is 1. The maximum absolute atomic E-state index is 11.2. The SMILES string of the molecule is CC.CC.CC.CC.CN(c1ccc(I)cc1)c1ccccc1C(=O)O. The summed E-state index contributed by atoms with van der Waals surface area (Å²) in [6.45, 7) is 16.0. The largest absolute Gasteiger partial charge is 0.478 e. The van der Waals surface area contributed by atoms with Crippen LogP contribution in [0.5, 0.6) is 0 Å². The van der Waals surface area contributed by atoms with Crippen molar-refractivity contribution in [3.63, 3.8) is 0 Å². The van der Waals surface area contributed by atoms with Gasteiger partial charge in [-0.3, -0.25) is 0 Å². The first-order valence-corrected chi connectivity index (χ1v) is 10.5. The van der Waals surface area contributed by atoms with Crippen LogP contribution in [0, 0.1) is 3.57 Å². The molecule has 0 bridgehead atoms. The normalized spacial score (nSPS) is 7.92. The molecule has 2 rings (SSSR count). The standard InChI is InChI=1S/C14H12INO2.4C2H6/c1-16(11-8-6-10(15)7-9-11)13-5-3-2-4-12(13)14(17)18;4*1-2/h2-9H,1H3,(H,17,18);4*1-2H3. The fourth-order valence-electron chi connectivity index (χ4n) is 1.75. The number of halogens is 1. The van der Waals surface area contributed by atoms with Crippen molar-refractivity contribution in [2.45, 2.75) is 55.4 Å². The van der Waals surface area contributed by atoms with E-state index in [1.807, 2.05) is 97.7 Å². The third-order valence-corrected chi connectivity index (χ3v) is 3.43. The first-order valence-electron chi connectivity index (χ1n) is 9.41. The molecule has 1 N–H and O–H groups in total.